The van der Waals surface area contributed by atoms with E-state index in [9.17, 15) is 13.2 Å². The number of nitrogens with zero attached hydrogens (tertiary/aromatic N) is 1. The monoisotopic (exact) mass is 373 g/mol. The summed E-state index contributed by atoms with van der Waals surface area (Å²) in [4.78, 5) is 11.0. The molecule has 0 radical (unpaired) electrons. The molecule has 0 spiro atoms. The number of rotatable bonds is 5. The standard InChI is InChI=1S/C12H12BrN3O4S/c1-7(8-4-2-3-5-10(8)13)16-21(19,20)11-9(12(17)18)6-14-15-11/h2-7,16H,1H3,(H,14,15)(H,17,18)/t7-/m1/s1. The molecule has 0 saturated heterocycles. The number of aromatic nitrogens is 2. The zero-order valence-corrected chi connectivity index (χ0v) is 13.3. The number of carbonyl (C=O) groups is 1. The van der Waals surface area contributed by atoms with Crippen LogP contribution in [0.3, 0.4) is 0 Å². The van der Waals surface area contributed by atoms with Gasteiger partial charge >= 0.3 is 5.97 Å². The summed E-state index contributed by atoms with van der Waals surface area (Å²) >= 11 is 3.34. The fraction of sp³-hybridized carbons (Fsp3) is 0.167. The topological polar surface area (TPSA) is 112 Å². The molecule has 7 nitrogen and oxygen atoms in total. The lowest BCUT2D eigenvalue weighted by Crippen LogP contribution is -2.28. The van der Waals surface area contributed by atoms with Gasteiger partial charge in [-0.25, -0.2) is 17.9 Å². The van der Waals surface area contributed by atoms with Crippen molar-refractivity contribution in [2.45, 2.75) is 18.0 Å². The van der Waals surface area contributed by atoms with Crippen LogP contribution in [0.4, 0.5) is 0 Å². The minimum absolute atomic E-state index is 0.401. The largest absolute Gasteiger partial charge is 0.478 e. The molecule has 0 amide bonds. The molecular weight excluding hydrogens is 362 g/mol. The first-order valence-electron chi connectivity index (χ1n) is 5.86. The molecule has 1 atom stereocenters. The molecule has 9 heteroatoms. The van der Waals surface area contributed by atoms with E-state index in [0.717, 1.165) is 16.2 Å². The number of halogens is 1. The molecule has 0 aliphatic carbocycles. The second kappa shape index (κ2) is 5.96. The Morgan fingerprint density at radius 2 is 2.10 bits per heavy atom. The molecule has 112 valence electrons. The van der Waals surface area contributed by atoms with Gasteiger partial charge in [0, 0.05) is 10.5 Å². The van der Waals surface area contributed by atoms with Crippen molar-refractivity contribution in [3.8, 4) is 0 Å². The SMILES string of the molecule is C[C@@H](NS(=O)(=O)c1[nH]ncc1C(=O)O)c1ccccc1Br. The Kier molecular flexibility index (Phi) is 4.45. The Hall–Kier alpha value is -1.71. The highest BCUT2D eigenvalue weighted by atomic mass is 79.9. The van der Waals surface area contributed by atoms with Gasteiger partial charge in [-0.2, -0.15) is 5.10 Å². The van der Waals surface area contributed by atoms with E-state index in [0.29, 0.717) is 0 Å². The van der Waals surface area contributed by atoms with Crippen molar-refractivity contribution in [1.29, 1.82) is 0 Å². The van der Waals surface area contributed by atoms with Crippen molar-refractivity contribution in [2.24, 2.45) is 0 Å². The van der Waals surface area contributed by atoms with E-state index in [1.54, 1.807) is 25.1 Å². The Labute approximate surface area is 129 Å². The Morgan fingerprint density at radius 1 is 1.43 bits per heavy atom. The van der Waals surface area contributed by atoms with Crippen molar-refractivity contribution < 1.29 is 18.3 Å². The fourth-order valence-corrected chi connectivity index (χ4v) is 3.75. The quantitative estimate of drug-likeness (QED) is 0.740. The number of sulfonamides is 1. The van der Waals surface area contributed by atoms with E-state index in [1.807, 2.05) is 6.07 Å². The van der Waals surface area contributed by atoms with Gasteiger partial charge in [0.05, 0.1) is 6.20 Å². The molecule has 0 aliphatic rings. The van der Waals surface area contributed by atoms with E-state index < -0.39 is 32.6 Å². The molecule has 2 rings (SSSR count). The molecular formula is C12H12BrN3O4S. The number of hydrogen-bond acceptors (Lipinski definition) is 4. The first-order chi connectivity index (χ1) is 9.83. The lowest BCUT2D eigenvalue weighted by molar-refractivity contribution is 0.0692. The molecule has 0 unspecified atom stereocenters. The molecule has 1 aromatic carbocycles. The maximum absolute atomic E-state index is 12.3. The molecule has 1 heterocycles. The van der Waals surface area contributed by atoms with Crippen LogP contribution in [0.2, 0.25) is 0 Å². The van der Waals surface area contributed by atoms with Crippen molar-refractivity contribution in [3.63, 3.8) is 0 Å². The minimum atomic E-state index is -4.03. The second-order valence-corrected chi connectivity index (χ2v) is 6.79. The Bertz CT molecular complexity index is 772. The van der Waals surface area contributed by atoms with E-state index >= 15 is 0 Å². The number of H-pyrrole nitrogens is 1. The number of nitrogens with one attached hydrogen (secondary N) is 2. The summed E-state index contributed by atoms with van der Waals surface area (Å²) in [6.07, 6.45) is 0.958. The number of carboxylic acid groups (broad SMARTS) is 1. The summed E-state index contributed by atoms with van der Waals surface area (Å²) in [6, 6.07) is 6.60. The first kappa shape index (κ1) is 15.7. The van der Waals surface area contributed by atoms with Crippen LogP contribution < -0.4 is 4.72 Å². The summed E-state index contributed by atoms with van der Waals surface area (Å²) in [5, 5.41) is 14.2. The van der Waals surface area contributed by atoms with Crippen LogP contribution in [0.1, 0.15) is 28.9 Å². The minimum Gasteiger partial charge on any atom is -0.478 e. The maximum atomic E-state index is 12.3. The third-order valence-corrected chi connectivity index (χ3v) is 5.04. The van der Waals surface area contributed by atoms with Gasteiger partial charge < -0.3 is 5.11 Å². The summed E-state index contributed by atoms with van der Waals surface area (Å²) in [7, 11) is -4.03. The van der Waals surface area contributed by atoms with Gasteiger partial charge in [0.1, 0.15) is 5.56 Å². The first-order valence-corrected chi connectivity index (χ1v) is 8.14. The smallest absolute Gasteiger partial charge is 0.340 e. The number of benzene rings is 1. The summed E-state index contributed by atoms with van der Waals surface area (Å²) in [5.41, 5.74) is 0.333. The van der Waals surface area contributed by atoms with Crippen molar-refractivity contribution in [1.82, 2.24) is 14.9 Å². The molecule has 21 heavy (non-hydrogen) atoms. The van der Waals surface area contributed by atoms with Gasteiger partial charge in [0.15, 0.2) is 5.03 Å². The van der Waals surface area contributed by atoms with Crippen LogP contribution in [0.25, 0.3) is 0 Å². The molecule has 2 aromatic rings. The van der Waals surface area contributed by atoms with Crippen LogP contribution in [0, 0.1) is 0 Å². The zero-order chi connectivity index (χ0) is 15.6. The van der Waals surface area contributed by atoms with Gasteiger partial charge in [-0.05, 0) is 18.6 Å². The third kappa shape index (κ3) is 3.31. The summed E-state index contributed by atoms with van der Waals surface area (Å²) in [6.45, 7) is 1.66. The molecule has 0 saturated carbocycles. The average Bonchev–Trinajstić information content (AvgIpc) is 2.88. The lowest BCUT2D eigenvalue weighted by atomic mass is 10.1. The lowest BCUT2D eigenvalue weighted by Gasteiger charge is -2.15. The highest BCUT2D eigenvalue weighted by Gasteiger charge is 2.27. The number of hydrogen-bond donors (Lipinski definition) is 3. The van der Waals surface area contributed by atoms with Crippen molar-refractivity contribution >= 4 is 31.9 Å². The van der Waals surface area contributed by atoms with Crippen LogP contribution in [-0.4, -0.2) is 29.7 Å². The fourth-order valence-electron chi connectivity index (χ4n) is 1.81. The normalized spacial score (nSPS) is 13.0. The number of aromatic amines is 1. The molecule has 3 N–H and O–H groups in total. The molecule has 0 aliphatic heterocycles. The van der Waals surface area contributed by atoms with Crippen LogP contribution >= 0.6 is 15.9 Å². The molecule has 0 fully saturated rings. The second-order valence-electron chi connectivity index (χ2n) is 4.28. The Balaban J connectivity index is 2.32. The number of carboxylic acids is 1. The number of aromatic carboxylic acids is 1. The molecule has 0 bridgehead atoms. The van der Waals surface area contributed by atoms with E-state index in [-0.39, 0.29) is 0 Å². The average molecular weight is 374 g/mol. The van der Waals surface area contributed by atoms with E-state index in [4.69, 9.17) is 5.11 Å². The van der Waals surface area contributed by atoms with Crippen LogP contribution in [-0.2, 0) is 10.0 Å². The molecule has 1 aromatic heterocycles. The van der Waals surface area contributed by atoms with Gasteiger partial charge in [-0.1, -0.05) is 34.1 Å². The van der Waals surface area contributed by atoms with Gasteiger partial charge in [-0.3, -0.25) is 5.10 Å². The van der Waals surface area contributed by atoms with Gasteiger partial charge in [0.2, 0.25) is 0 Å². The predicted molar refractivity (Wildman–Crippen MR) is 78.4 cm³/mol. The summed E-state index contributed by atoms with van der Waals surface area (Å²) < 4.78 is 27.7. The van der Waals surface area contributed by atoms with E-state index in [2.05, 4.69) is 30.8 Å². The zero-order valence-electron chi connectivity index (χ0n) is 10.9. The maximum Gasteiger partial charge on any atom is 0.340 e. The van der Waals surface area contributed by atoms with Crippen molar-refractivity contribution in [2.75, 3.05) is 0 Å². The third-order valence-electron chi connectivity index (χ3n) is 2.81. The highest BCUT2D eigenvalue weighted by Crippen LogP contribution is 2.24. The highest BCUT2D eigenvalue weighted by molar-refractivity contribution is 9.10. The summed E-state index contributed by atoms with van der Waals surface area (Å²) in [5.74, 6) is -1.36. The van der Waals surface area contributed by atoms with Crippen molar-refractivity contribution in [3.05, 3.63) is 46.1 Å². The predicted octanol–water partition coefficient (Wildman–Crippen LogP) is 1.91. The van der Waals surface area contributed by atoms with E-state index in [1.165, 1.54) is 0 Å². The van der Waals surface area contributed by atoms with Gasteiger partial charge in [0.25, 0.3) is 10.0 Å². The van der Waals surface area contributed by atoms with Crippen LogP contribution in [0.5, 0.6) is 0 Å². The van der Waals surface area contributed by atoms with Crippen LogP contribution in [0.15, 0.2) is 40.0 Å². The van der Waals surface area contributed by atoms with Gasteiger partial charge in [-0.15, -0.1) is 0 Å². The Morgan fingerprint density at radius 3 is 2.71 bits per heavy atom.